The van der Waals surface area contributed by atoms with Crippen LogP contribution in [0.2, 0.25) is 0 Å². The Bertz CT molecular complexity index is 793. The van der Waals surface area contributed by atoms with Crippen molar-refractivity contribution in [2.45, 2.75) is 64.7 Å². The summed E-state index contributed by atoms with van der Waals surface area (Å²) in [6.07, 6.45) is 6.78. The van der Waals surface area contributed by atoms with Crippen LogP contribution < -0.4 is 0 Å². The molecule has 142 valence electrons. The number of aryl methyl sites for hydroxylation is 2. The Labute approximate surface area is 162 Å². The number of rotatable bonds is 4. The minimum atomic E-state index is -0.532. The summed E-state index contributed by atoms with van der Waals surface area (Å²) in [5, 5.41) is 0. The van der Waals surface area contributed by atoms with Crippen LogP contribution >= 0.6 is 0 Å². The van der Waals surface area contributed by atoms with E-state index < -0.39 is 11.6 Å². The average Bonchev–Trinajstić information content (AvgIpc) is 2.68. The lowest BCUT2D eigenvalue weighted by molar-refractivity contribution is 0.384. The highest BCUT2D eigenvalue weighted by molar-refractivity contribution is 5.39. The summed E-state index contributed by atoms with van der Waals surface area (Å²) in [7, 11) is 0. The van der Waals surface area contributed by atoms with E-state index in [9.17, 15) is 8.78 Å². The SMILES string of the molecule is CCCc1cc(F)c(C#C[C@H]2CC[C@H](c3ccc(CC)cc3)CC2)c(F)c1. The van der Waals surface area contributed by atoms with Crippen LogP contribution in [0.4, 0.5) is 8.78 Å². The van der Waals surface area contributed by atoms with Crippen LogP contribution in [0.5, 0.6) is 0 Å². The quantitative estimate of drug-likeness (QED) is 0.522. The average molecular weight is 366 g/mol. The predicted molar refractivity (Wildman–Crippen MR) is 108 cm³/mol. The molecule has 0 atom stereocenters. The highest BCUT2D eigenvalue weighted by Gasteiger charge is 2.21. The van der Waals surface area contributed by atoms with Crippen molar-refractivity contribution in [2.24, 2.45) is 5.92 Å². The van der Waals surface area contributed by atoms with Gasteiger partial charge in [-0.2, -0.15) is 0 Å². The molecule has 2 aromatic carbocycles. The molecule has 0 heterocycles. The summed E-state index contributed by atoms with van der Waals surface area (Å²) in [5.74, 6) is 5.66. The van der Waals surface area contributed by atoms with Crippen molar-refractivity contribution in [1.82, 2.24) is 0 Å². The Balaban J connectivity index is 1.63. The second-order valence-corrected chi connectivity index (χ2v) is 7.60. The summed E-state index contributed by atoms with van der Waals surface area (Å²) in [6, 6.07) is 11.8. The fourth-order valence-electron chi connectivity index (χ4n) is 3.95. The first-order valence-electron chi connectivity index (χ1n) is 10.2. The Morgan fingerprint density at radius 3 is 2.07 bits per heavy atom. The molecule has 0 aromatic heterocycles. The highest BCUT2D eigenvalue weighted by Crippen LogP contribution is 2.35. The van der Waals surface area contributed by atoms with Gasteiger partial charge in [0, 0.05) is 5.92 Å². The predicted octanol–water partition coefficient (Wildman–Crippen LogP) is 6.81. The van der Waals surface area contributed by atoms with Gasteiger partial charge in [-0.25, -0.2) is 8.78 Å². The van der Waals surface area contributed by atoms with Crippen LogP contribution in [0.3, 0.4) is 0 Å². The van der Waals surface area contributed by atoms with Crippen LogP contribution in [-0.2, 0) is 12.8 Å². The van der Waals surface area contributed by atoms with Gasteiger partial charge in [0.15, 0.2) is 0 Å². The van der Waals surface area contributed by atoms with E-state index in [1.807, 2.05) is 6.92 Å². The number of halogens is 2. The molecular weight excluding hydrogens is 338 g/mol. The minimum Gasteiger partial charge on any atom is -0.206 e. The van der Waals surface area contributed by atoms with Gasteiger partial charge in [-0.05, 0) is 73.3 Å². The summed E-state index contributed by atoms with van der Waals surface area (Å²) in [4.78, 5) is 0. The van der Waals surface area contributed by atoms with Crippen molar-refractivity contribution < 1.29 is 8.78 Å². The van der Waals surface area contributed by atoms with E-state index in [-0.39, 0.29) is 11.5 Å². The zero-order chi connectivity index (χ0) is 19.2. The van der Waals surface area contributed by atoms with E-state index in [0.717, 1.165) is 38.5 Å². The smallest absolute Gasteiger partial charge is 0.142 e. The molecule has 27 heavy (non-hydrogen) atoms. The molecule has 0 N–H and O–H groups in total. The molecular formula is C25H28F2. The van der Waals surface area contributed by atoms with E-state index in [1.54, 1.807) is 0 Å². The third kappa shape index (κ3) is 4.98. The fourth-order valence-corrected chi connectivity index (χ4v) is 3.95. The zero-order valence-electron chi connectivity index (χ0n) is 16.3. The molecule has 1 aliphatic carbocycles. The van der Waals surface area contributed by atoms with Gasteiger partial charge in [-0.3, -0.25) is 0 Å². The number of benzene rings is 2. The standard InChI is InChI=1S/C25H28F2/c1-3-5-20-16-24(26)23(25(27)17-20)15-10-19-8-13-22(14-9-19)21-11-6-18(4-2)7-12-21/h6-7,11-12,16-17,19,22H,3-5,8-9,13-14H2,1-2H3/t19-,22-. The maximum Gasteiger partial charge on any atom is 0.142 e. The van der Waals surface area contributed by atoms with Crippen LogP contribution in [0.1, 0.15) is 74.1 Å². The number of hydrogen-bond donors (Lipinski definition) is 0. The summed E-state index contributed by atoms with van der Waals surface area (Å²) < 4.78 is 28.4. The number of hydrogen-bond acceptors (Lipinski definition) is 0. The van der Waals surface area contributed by atoms with Gasteiger partial charge in [-0.15, -0.1) is 0 Å². The third-order valence-corrected chi connectivity index (χ3v) is 5.63. The van der Waals surface area contributed by atoms with Crippen LogP contribution in [0.15, 0.2) is 36.4 Å². The third-order valence-electron chi connectivity index (χ3n) is 5.63. The van der Waals surface area contributed by atoms with Crippen molar-refractivity contribution in [1.29, 1.82) is 0 Å². The lowest BCUT2D eigenvalue weighted by Gasteiger charge is -2.26. The van der Waals surface area contributed by atoms with Gasteiger partial charge in [0.25, 0.3) is 0 Å². The molecule has 0 aliphatic heterocycles. The lowest BCUT2D eigenvalue weighted by Crippen LogP contribution is -2.12. The molecule has 2 heteroatoms. The van der Waals surface area contributed by atoms with Gasteiger partial charge < -0.3 is 0 Å². The second-order valence-electron chi connectivity index (χ2n) is 7.60. The molecule has 3 rings (SSSR count). The van der Waals surface area contributed by atoms with Crippen molar-refractivity contribution in [3.8, 4) is 11.8 Å². The van der Waals surface area contributed by atoms with Gasteiger partial charge in [0.1, 0.15) is 11.6 Å². The topological polar surface area (TPSA) is 0 Å². The van der Waals surface area contributed by atoms with Crippen LogP contribution in [0, 0.1) is 29.4 Å². The molecule has 0 bridgehead atoms. The zero-order valence-corrected chi connectivity index (χ0v) is 16.3. The molecule has 0 nitrogen and oxygen atoms in total. The van der Waals surface area contributed by atoms with Crippen molar-refractivity contribution in [3.05, 3.63) is 70.3 Å². The molecule has 1 aliphatic rings. The molecule has 0 radical (unpaired) electrons. The van der Waals surface area contributed by atoms with Crippen molar-refractivity contribution >= 4 is 0 Å². The first-order chi connectivity index (χ1) is 13.1. The molecule has 0 amide bonds. The molecule has 1 saturated carbocycles. The first-order valence-corrected chi connectivity index (χ1v) is 10.2. The summed E-state index contributed by atoms with van der Waals surface area (Å²) >= 11 is 0. The van der Waals surface area contributed by atoms with Crippen LogP contribution in [0.25, 0.3) is 0 Å². The van der Waals surface area contributed by atoms with Gasteiger partial charge >= 0.3 is 0 Å². The van der Waals surface area contributed by atoms with E-state index in [1.165, 1.54) is 23.3 Å². The van der Waals surface area contributed by atoms with Gasteiger partial charge in [0.05, 0.1) is 5.56 Å². The Morgan fingerprint density at radius 2 is 1.52 bits per heavy atom. The molecule has 0 unspecified atom stereocenters. The van der Waals surface area contributed by atoms with Crippen molar-refractivity contribution in [3.63, 3.8) is 0 Å². The minimum absolute atomic E-state index is 0.0767. The Hall–Kier alpha value is -2.14. The van der Waals surface area contributed by atoms with Crippen molar-refractivity contribution in [2.75, 3.05) is 0 Å². The Kier molecular flexibility index (Phi) is 6.67. The highest BCUT2D eigenvalue weighted by atomic mass is 19.1. The fraction of sp³-hybridized carbons (Fsp3) is 0.440. The molecule has 1 fully saturated rings. The maximum absolute atomic E-state index is 14.2. The van der Waals surface area contributed by atoms with E-state index in [2.05, 4.69) is 43.0 Å². The lowest BCUT2D eigenvalue weighted by atomic mass is 9.79. The summed E-state index contributed by atoms with van der Waals surface area (Å²) in [5.41, 5.74) is 3.40. The first kappa shape index (κ1) is 19.6. The molecule has 0 spiro atoms. The molecule has 0 saturated heterocycles. The second kappa shape index (κ2) is 9.18. The van der Waals surface area contributed by atoms with E-state index in [0.29, 0.717) is 17.9 Å². The largest absolute Gasteiger partial charge is 0.206 e. The Morgan fingerprint density at radius 1 is 0.889 bits per heavy atom. The van der Waals surface area contributed by atoms with Crippen LogP contribution in [-0.4, -0.2) is 0 Å². The van der Waals surface area contributed by atoms with E-state index in [4.69, 9.17) is 0 Å². The molecule has 2 aromatic rings. The monoisotopic (exact) mass is 366 g/mol. The van der Waals surface area contributed by atoms with Gasteiger partial charge in [0.2, 0.25) is 0 Å². The summed E-state index contributed by atoms with van der Waals surface area (Å²) in [6.45, 7) is 4.17. The normalized spacial score (nSPS) is 19.4. The van der Waals surface area contributed by atoms with E-state index >= 15 is 0 Å². The maximum atomic E-state index is 14.2. The van der Waals surface area contributed by atoms with Gasteiger partial charge in [-0.1, -0.05) is 56.4 Å².